The number of hydrogen-bond acceptors (Lipinski definition) is 5. The number of thiophene rings is 1. The summed E-state index contributed by atoms with van der Waals surface area (Å²) >= 11 is 1.32. The van der Waals surface area contributed by atoms with Crippen LogP contribution in [0.5, 0.6) is 0 Å². The summed E-state index contributed by atoms with van der Waals surface area (Å²) in [6.45, 7) is 1.92. The van der Waals surface area contributed by atoms with Crippen LogP contribution in [-0.2, 0) is 15.0 Å². The molecule has 1 aliphatic rings. The van der Waals surface area contributed by atoms with Crippen LogP contribution in [0, 0.1) is 0 Å². The molecule has 0 radical (unpaired) electrons. The van der Waals surface area contributed by atoms with Gasteiger partial charge in [0.25, 0.3) is 11.8 Å². The highest BCUT2D eigenvalue weighted by Crippen LogP contribution is 2.36. The molecular weight excluding hydrogens is 438 g/mol. The van der Waals surface area contributed by atoms with Gasteiger partial charge in [-0.1, -0.05) is 37.3 Å². The smallest absolute Gasteiger partial charge is 0.265 e. The van der Waals surface area contributed by atoms with Crippen LogP contribution in [0.4, 0.5) is 11.4 Å². The summed E-state index contributed by atoms with van der Waals surface area (Å²) in [6.07, 6.45) is 1.32. The molecule has 7 nitrogen and oxygen atoms in total. The molecule has 0 bridgehead atoms. The van der Waals surface area contributed by atoms with Crippen LogP contribution in [0.25, 0.3) is 0 Å². The SMILES string of the molecule is CCC1(c2ccc(NC(=O)c3ccccc3NC(=O)c3cccs3)cc2)CCC(=O)NC1=O. The quantitative estimate of drug-likeness (QED) is 0.475. The molecule has 4 amide bonds. The molecule has 1 fully saturated rings. The van der Waals surface area contributed by atoms with Gasteiger partial charge in [0.1, 0.15) is 0 Å². The molecule has 168 valence electrons. The minimum absolute atomic E-state index is 0.252. The third kappa shape index (κ3) is 4.56. The molecule has 1 atom stereocenters. The molecule has 2 aromatic carbocycles. The number of benzene rings is 2. The zero-order valence-electron chi connectivity index (χ0n) is 18.0. The first-order chi connectivity index (χ1) is 15.9. The van der Waals surface area contributed by atoms with Gasteiger partial charge in [0.05, 0.1) is 21.5 Å². The van der Waals surface area contributed by atoms with Crippen LogP contribution in [0.3, 0.4) is 0 Å². The first-order valence-electron chi connectivity index (χ1n) is 10.6. The maximum Gasteiger partial charge on any atom is 0.265 e. The average Bonchev–Trinajstić information content (AvgIpc) is 3.36. The van der Waals surface area contributed by atoms with Crippen molar-refractivity contribution in [3.63, 3.8) is 0 Å². The van der Waals surface area contributed by atoms with Gasteiger partial charge in [0, 0.05) is 12.1 Å². The second kappa shape index (κ2) is 9.38. The highest BCUT2D eigenvalue weighted by atomic mass is 32.1. The van der Waals surface area contributed by atoms with Gasteiger partial charge >= 0.3 is 0 Å². The average molecular weight is 462 g/mol. The van der Waals surface area contributed by atoms with Crippen LogP contribution < -0.4 is 16.0 Å². The van der Waals surface area contributed by atoms with E-state index < -0.39 is 5.41 Å². The van der Waals surface area contributed by atoms with Gasteiger partial charge in [0.15, 0.2) is 0 Å². The van der Waals surface area contributed by atoms with Crippen molar-refractivity contribution in [2.24, 2.45) is 0 Å². The van der Waals surface area contributed by atoms with E-state index in [1.54, 1.807) is 60.7 Å². The minimum Gasteiger partial charge on any atom is -0.322 e. The van der Waals surface area contributed by atoms with Gasteiger partial charge < -0.3 is 10.6 Å². The third-order valence-corrected chi connectivity index (χ3v) is 6.80. The standard InChI is InChI=1S/C25H23N3O4S/c1-2-25(14-13-21(29)28-24(25)32)16-9-11-17(12-10-16)26-22(30)18-6-3-4-7-19(18)27-23(31)20-8-5-15-33-20/h3-12,15H,2,13-14H2,1H3,(H,26,30)(H,27,31)(H,28,29,32). The van der Waals surface area contributed by atoms with Gasteiger partial charge in [-0.3, -0.25) is 24.5 Å². The van der Waals surface area contributed by atoms with E-state index >= 15 is 0 Å². The van der Waals surface area contributed by atoms with Crippen molar-refractivity contribution in [2.45, 2.75) is 31.6 Å². The zero-order chi connectivity index (χ0) is 23.4. The zero-order valence-corrected chi connectivity index (χ0v) is 18.8. The van der Waals surface area contributed by atoms with Crippen molar-refractivity contribution < 1.29 is 19.2 Å². The maximum atomic E-state index is 12.9. The van der Waals surface area contributed by atoms with Crippen molar-refractivity contribution in [3.05, 3.63) is 82.0 Å². The van der Waals surface area contributed by atoms with Crippen LogP contribution in [0.1, 0.15) is 51.8 Å². The predicted octanol–water partition coefficient (Wildman–Crippen LogP) is 4.34. The number of carbonyl (C=O) groups is 4. The fourth-order valence-corrected chi connectivity index (χ4v) is 4.64. The summed E-state index contributed by atoms with van der Waals surface area (Å²) in [5.74, 6) is -1.18. The lowest BCUT2D eigenvalue weighted by Gasteiger charge is -2.35. The lowest BCUT2D eigenvalue weighted by atomic mass is 9.72. The van der Waals surface area contributed by atoms with Crippen LogP contribution >= 0.6 is 11.3 Å². The molecule has 3 aromatic rings. The van der Waals surface area contributed by atoms with Crippen molar-refractivity contribution >= 4 is 46.3 Å². The summed E-state index contributed by atoms with van der Waals surface area (Å²) in [6, 6.07) is 17.4. The molecule has 3 N–H and O–H groups in total. The van der Waals surface area contributed by atoms with E-state index in [0.29, 0.717) is 41.1 Å². The van der Waals surface area contributed by atoms with Gasteiger partial charge in [-0.15, -0.1) is 11.3 Å². The van der Waals surface area contributed by atoms with Crippen molar-refractivity contribution in [2.75, 3.05) is 10.6 Å². The van der Waals surface area contributed by atoms with E-state index in [9.17, 15) is 19.2 Å². The largest absolute Gasteiger partial charge is 0.322 e. The molecule has 1 aromatic heterocycles. The number of amides is 4. The Kier molecular flexibility index (Phi) is 6.37. The molecule has 2 heterocycles. The number of carbonyl (C=O) groups excluding carboxylic acids is 4. The number of imide groups is 1. The second-order valence-corrected chi connectivity index (χ2v) is 8.77. The Bertz CT molecular complexity index is 1200. The first-order valence-corrected chi connectivity index (χ1v) is 11.5. The Morgan fingerprint density at radius 1 is 0.970 bits per heavy atom. The van der Waals surface area contributed by atoms with Crippen molar-refractivity contribution in [3.8, 4) is 0 Å². The van der Waals surface area contributed by atoms with Crippen molar-refractivity contribution in [1.29, 1.82) is 0 Å². The number of hydrogen-bond donors (Lipinski definition) is 3. The Morgan fingerprint density at radius 2 is 1.73 bits per heavy atom. The van der Waals surface area contributed by atoms with E-state index in [0.717, 1.165) is 5.56 Å². The summed E-state index contributed by atoms with van der Waals surface area (Å²) in [5.41, 5.74) is 1.35. The topological polar surface area (TPSA) is 104 Å². The van der Waals surface area contributed by atoms with E-state index in [2.05, 4.69) is 16.0 Å². The molecule has 4 rings (SSSR count). The Hall–Kier alpha value is -3.78. The highest BCUT2D eigenvalue weighted by molar-refractivity contribution is 7.12. The predicted molar refractivity (Wildman–Crippen MR) is 127 cm³/mol. The lowest BCUT2D eigenvalue weighted by Crippen LogP contribution is -2.51. The van der Waals surface area contributed by atoms with E-state index in [1.807, 2.05) is 12.3 Å². The van der Waals surface area contributed by atoms with Crippen LogP contribution in [0.15, 0.2) is 66.0 Å². The molecule has 1 unspecified atom stereocenters. The molecule has 33 heavy (non-hydrogen) atoms. The fourth-order valence-electron chi connectivity index (χ4n) is 4.02. The molecule has 1 saturated heterocycles. The maximum absolute atomic E-state index is 12.9. The van der Waals surface area contributed by atoms with Gasteiger partial charge in [-0.2, -0.15) is 0 Å². The fraction of sp³-hybridized carbons (Fsp3) is 0.200. The highest BCUT2D eigenvalue weighted by Gasteiger charge is 2.42. The Morgan fingerprint density at radius 3 is 2.39 bits per heavy atom. The minimum atomic E-state index is -0.755. The number of nitrogens with one attached hydrogen (secondary N) is 3. The Balaban J connectivity index is 1.50. The van der Waals surface area contributed by atoms with E-state index in [4.69, 9.17) is 0 Å². The van der Waals surface area contributed by atoms with E-state index in [1.165, 1.54) is 11.3 Å². The summed E-state index contributed by atoms with van der Waals surface area (Å²) < 4.78 is 0. The third-order valence-electron chi connectivity index (χ3n) is 5.93. The molecule has 0 spiro atoms. The Labute approximate surface area is 195 Å². The number of para-hydroxylation sites is 1. The lowest BCUT2D eigenvalue weighted by molar-refractivity contribution is -0.138. The number of piperidine rings is 1. The molecular formula is C25H23N3O4S. The number of rotatable bonds is 6. The summed E-state index contributed by atoms with van der Waals surface area (Å²) in [5, 5.41) is 9.89. The van der Waals surface area contributed by atoms with Gasteiger partial charge in [-0.05, 0) is 54.1 Å². The normalized spacial score (nSPS) is 17.8. The van der Waals surface area contributed by atoms with Gasteiger partial charge in [0.2, 0.25) is 11.8 Å². The van der Waals surface area contributed by atoms with E-state index in [-0.39, 0.29) is 23.6 Å². The first kappa shape index (κ1) is 22.4. The molecule has 8 heteroatoms. The molecule has 0 aliphatic carbocycles. The summed E-state index contributed by atoms with van der Waals surface area (Å²) in [4.78, 5) is 50.1. The van der Waals surface area contributed by atoms with Crippen LogP contribution in [-0.4, -0.2) is 23.6 Å². The molecule has 0 saturated carbocycles. The monoisotopic (exact) mass is 461 g/mol. The van der Waals surface area contributed by atoms with Gasteiger partial charge in [-0.25, -0.2) is 0 Å². The van der Waals surface area contributed by atoms with Crippen molar-refractivity contribution in [1.82, 2.24) is 5.32 Å². The second-order valence-electron chi connectivity index (χ2n) is 7.82. The molecule has 1 aliphatic heterocycles. The van der Waals surface area contributed by atoms with Crippen LogP contribution in [0.2, 0.25) is 0 Å². The summed E-state index contributed by atoms with van der Waals surface area (Å²) in [7, 11) is 0. The number of anilines is 2.